The molecule has 0 heterocycles. The molecule has 0 spiro atoms. The molecule has 0 saturated heterocycles. The lowest BCUT2D eigenvalue weighted by Crippen LogP contribution is -1.99. The Balaban J connectivity index is 1.70. The molecule has 36 heavy (non-hydrogen) atoms. The van der Waals surface area contributed by atoms with Crippen LogP contribution in [-0.4, -0.2) is 18.9 Å². The van der Waals surface area contributed by atoms with Gasteiger partial charge in [-0.05, 0) is 71.5 Å². The van der Waals surface area contributed by atoms with Gasteiger partial charge in [-0.3, -0.25) is 4.79 Å². The largest absolute Gasteiger partial charge is 0.489 e. The SMILES string of the molecule is CCOC(=O)C=Cc1cc(OCc2ccccc2)ccc1-c1ccc(-c2cccc(C)c2)c(C=O)c1. The van der Waals surface area contributed by atoms with Crippen LogP contribution in [0.1, 0.15) is 34.0 Å². The van der Waals surface area contributed by atoms with Crippen molar-refractivity contribution in [1.82, 2.24) is 0 Å². The van der Waals surface area contributed by atoms with Crippen LogP contribution in [0.3, 0.4) is 0 Å². The number of ether oxygens (including phenoxy) is 2. The molecule has 180 valence electrons. The van der Waals surface area contributed by atoms with Crippen LogP contribution < -0.4 is 4.74 Å². The monoisotopic (exact) mass is 476 g/mol. The van der Waals surface area contributed by atoms with Crippen LogP contribution >= 0.6 is 0 Å². The third kappa shape index (κ3) is 6.16. The summed E-state index contributed by atoms with van der Waals surface area (Å²) in [5.41, 5.74) is 7.20. The third-order valence-electron chi connectivity index (χ3n) is 5.78. The van der Waals surface area contributed by atoms with Crippen molar-refractivity contribution in [1.29, 1.82) is 0 Å². The highest BCUT2D eigenvalue weighted by molar-refractivity contribution is 5.93. The number of rotatable bonds is 9. The molecule has 0 aliphatic rings. The Bertz CT molecular complexity index is 1390. The molecule has 0 unspecified atom stereocenters. The summed E-state index contributed by atoms with van der Waals surface area (Å²) in [4.78, 5) is 24.0. The average Bonchev–Trinajstić information content (AvgIpc) is 2.91. The Kier molecular flexibility index (Phi) is 8.09. The number of aldehydes is 1. The summed E-state index contributed by atoms with van der Waals surface area (Å²) in [7, 11) is 0. The summed E-state index contributed by atoms with van der Waals surface area (Å²) in [6, 6.07) is 29.6. The molecular formula is C32H28O4. The fourth-order valence-electron chi connectivity index (χ4n) is 4.02. The molecule has 0 bridgehead atoms. The van der Waals surface area contributed by atoms with Gasteiger partial charge in [0.2, 0.25) is 0 Å². The number of hydrogen-bond acceptors (Lipinski definition) is 4. The van der Waals surface area contributed by atoms with Crippen LogP contribution in [0.2, 0.25) is 0 Å². The molecule has 0 saturated carbocycles. The van der Waals surface area contributed by atoms with Crippen LogP contribution in [0.25, 0.3) is 28.3 Å². The van der Waals surface area contributed by atoms with Crippen molar-refractivity contribution in [3.8, 4) is 28.0 Å². The summed E-state index contributed by atoms with van der Waals surface area (Å²) in [6.45, 7) is 4.54. The van der Waals surface area contributed by atoms with E-state index in [-0.39, 0.29) is 0 Å². The van der Waals surface area contributed by atoms with Gasteiger partial charge in [-0.2, -0.15) is 0 Å². The van der Waals surface area contributed by atoms with E-state index >= 15 is 0 Å². The van der Waals surface area contributed by atoms with E-state index in [1.165, 1.54) is 6.08 Å². The molecule has 0 amide bonds. The molecular weight excluding hydrogens is 448 g/mol. The van der Waals surface area contributed by atoms with Crippen molar-refractivity contribution in [3.63, 3.8) is 0 Å². The average molecular weight is 477 g/mol. The zero-order chi connectivity index (χ0) is 25.3. The van der Waals surface area contributed by atoms with Gasteiger partial charge >= 0.3 is 5.97 Å². The van der Waals surface area contributed by atoms with Gasteiger partial charge in [0.15, 0.2) is 6.29 Å². The molecule has 0 N–H and O–H groups in total. The van der Waals surface area contributed by atoms with Gasteiger partial charge in [0, 0.05) is 11.6 Å². The second-order valence-electron chi connectivity index (χ2n) is 8.40. The molecule has 0 atom stereocenters. The smallest absolute Gasteiger partial charge is 0.330 e. The fourth-order valence-corrected chi connectivity index (χ4v) is 4.02. The predicted octanol–water partition coefficient (Wildman–Crippen LogP) is 7.30. The second kappa shape index (κ2) is 11.8. The molecule has 4 rings (SSSR count). The van der Waals surface area contributed by atoms with Crippen molar-refractivity contribution >= 4 is 18.3 Å². The highest BCUT2D eigenvalue weighted by Gasteiger charge is 2.11. The first kappa shape index (κ1) is 24.7. The van der Waals surface area contributed by atoms with E-state index < -0.39 is 5.97 Å². The molecule has 0 aliphatic carbocycles. The number of benzene rings is 4. The number of carbonyl (C=O) groups excluding carboxylic acids is 2. The summed E-state index contributed by atoms with van der Waals surface area (Å²) < 4.78 is 11.1. The van der Waals surface area contributed by atoms with Gasteiger partial charge in [-0.15, -0.1) is 0 Å². The van der Waals surface area contributed by atoms with E-state index in [0.29, 0.717) is 24.5 Å². The van der Waals surface area contributed by atoms with Gasteiger partial charge in [0.1, 0.15) is 12.4 Å². The van der Waals surface area contributed by atoms with E-state index in [1.807, 2.05) is 91.9 Å². The Hall–Kier alpha value is -4.44. The number of aryl methyl sites for hydroxylation is 1. The summed E-state index contributed by atoms with van der Waals surface area (Å²) >= 11 is 0. The lowest BCUT2D eigenvalue weighted by atomic mass is 9.92. The van der Waals surface area contributed by atoms with E-state index in [0.717, 1.165) is 45.2 Å². The fraction of sp³-hybridized carbons (Fsp3) is 0.125. The van der Waals surface area contributed by atoms with Gasteiger partial charge < -0.3 is 9.47 Å². The number of esters is 1. The van der Waals surface area contributed by atoms with Gasteiger partial charge in [-0.1, -0.05) is 78.4 Å². The van der Waals surface area contributed by atoms with Crippen LogP contribution in [0, 0.1) is 6.92 Å². The highest BCUT2D eigenvalue weighted by atomic mass is 16.5. The Labute approximate surface area is 211 Å². The maximum Gasteiger partial charge on any atom is 0.330 e. The first-order valence-corrected chi connectivity index (χ1v) is 11.9. The minimum absolute atomic E-state index is 0.305. The van der Waals surface area contributed by atoms with Crippen LogP contribution in [0.5, 0.6) is 5.75 Å². The first-order chi connectivity index (χ1) is 17.6. The first-order valence-electron chi connectivity index (χ1n) is 11.9. The van der Waals surface area contributed by atoms with E-state index in [9.17, 15) is 9.59 Å². The third-order valence-corrected chi connectivity index (χ3v) is 5.78. The normalized spacial score (nSPS) is 10.8. The van der Waals surface area contributed by atoms with Crippen molar-refractivity contribution in [2.75, 3.05) is 6.61 Å². The molecule has 4 heteroatoms. The minimum atomic E-state index is -0.414. The number of hydrogen-bond donors (Lipinski definition) is 0. The van der Waals surface area contributed by atoms with Crippen molar-refractivity contribution in [2.45, 2.75) is 20.5 Å². The molecule has 0 fully saturated rings. The summed E-state index contributed by atoms with van der Waals surface area (Å²) in [5, 5.41) is 0. The molecule has 4 aromatic rings. The maximum absolute atomic E-state index is 12.0. The minimum Gasteiger partial charge on any atom is -0.489 e. The van der Waals surface area contributed by atoms with Crippen molar-refractivity contribution < 1.29 is 19.1 Å². The zero-order valence-electron chi connectivity index (χ0n) is 20.4. The van der Waals surface area contributed by atoms with E-state index in [2.05, 4.69) is 6.07 Å². The summed E-state index contributed by atoms with van der Waals surface area (Å²) in [6.07, 6.45) is 4.01. The lowest BCUT2D eigenvalue weighted by molar-refractivity contribution is -0.137. The van der Waals surface area contributed by atoms with Gasteiger partial charge in [-0.25, -0.2) is 4.79 Å². The van der Waals surface area contributed by atoms with E-state index in [4.69, 9.17) is 9.47 Å². The van der Waals surface area contributed by atoms with Crippen LogP contribution in [-0.2, 0) is 16.1 Å². The van der Waals surface area contributed by atoms with Gasteiger partial charge in [0.25, 0.3) is 0 Å². The Morgan fingerprint density at radius 1 is 0.806 bits per heavy atom. The van der Waals surface area contributed by atoms with Crippen LogP contribution in [0.15, 0.2) is 97.1 Å². The lowest BCUT2D eigenvalue weighted by Gasteiger charge is -2.13. The highest BCUT2D eigenvalue weighted by Crippen LogP contribution is 2.33. The quantitative estimate of drug-likeness (QED) is 0.145. The molecule has 0 aromatic heterocycles. The van der Waals surface area contributed by atoms with E-state index in [1.54, 1.807) is 13.0 Å². The molecule has 0 radical (unpaired) electrons. The molecule has 4 nitrogen and oxygen atoms in total. The zero-order valence-corrected chi connectivity index (χ0v) is 20.4. The Morgan fingerprint density at radius 3 is 2.31 bits per heavy atom. The topological polar surface area (TPSA) is 52.6 Å². The van der Waals surface area contributed by atoms with Crippen molar-refractivity contribution in [3.05, 3.63) is 119 Å². The maximum atomic E-state index is 12.0. The predicted molar refractivity (Wildman–Crippen MR) is 144 cm³/mol. The molecule has 4 aromatic carbocycles. The number of carbonyl (C=O) groups is 2. The summed E-state index contributed by atoms with van der Waals surface area (Å²) in [5.74, 6) is 0.264. The second-order valence-corrected chi connectivity index (χ2v) is 8.40. The molecule has 0 aliphatic heterocycles. The van der Waals surface area contributed by atoms with Gasteiger partial charge in [0.05, 0.1) is 6.61 Å². The van der Waals surface area contributed by atoms with Crippen molar-refractivity contribution in [2.24, 2.45) is 0 Å². The Morgan fingerprint density at radius 2 is 1.56 bits per heavy atom. The van der Waals surface area contributed by atoms with Crippen LogP contribution in [0.4, 0.5) is 0 Å². The standard InChI is InChI=1S/C32H28O4/c1-3-35-32(34)17-13-27-20-29(36-22-24-9-5-4-6-10-24)14-16-30(27)26-12-15-31(28(19-26)21-33)25-11-7-8-23(2)18-25/h4-21H,3,22H2,1-2H3.